The molecule has 1 amide bonds. The summed E-state index contributed by atoms with van der Waals surface area (Å²) in [4.78, 5) is 15.5. The second kappa shape index (κ2) is 13.6. The Bertz CT molecular complexity index is 801. The SMILES string of the molecule is CCCCN(CCCC)CCCNC(=O)c1ccc(C[S@](=O)c2cccc(Cl)c2)o1. The zero-order valence-electron chi connectivity index (χ0n) is 18.0. The van der Waals surface area contributed by atoms with Gasteiger partial charge in [-0.3, -0.25) is 9.00 Å². The number of nitrogens with one attached hydrogen (secondary N) is 1. The maximum absolute atomic E-state index is 12.5. The number of benzene rings is 1. The second-order valence-electron chi connectivity index (χ2n) is 7.37. The van der Waals surface area contributed by atoms with Crippen LogP contribution >= 0.6 is 11.6 Å². The third-order valence-corrected chi connectivity index (χ3v) is 6.37. The van der Waals surface area contributed by atoms with E-state index >= 15 is 0 Å². The van der Waals surface area contributed by atoms with Crippen LogP contribution in [0.25, 0.3) is 0 Å². The minimum absolute atomic E-state index is 0.206. The number of amides is 1. The van der Waals surface area contributed by atoms with Gasteiger partial charge in [-0.25, -0.2) is 0 Å². The molecule has 0 aliphatic carbocycles. The van der Waals surface area contributed by atoms with Crippen molar-refractivity contribution in [2.75, 3.05) is 26.2 Å². The van der Waals surface area contributed by atoms with E-state index in [4.69, 9.17) is 16.0 Å². The van der Waals surface area contributed by atoms with Crippen molar-refractivity contribution in [1.82, 2.24) is 10.2 Å². The average molecular weight is 453 g/mol. The lowest BCUT2D eigenvalue weighted by atomic mass is 10.2. The van der Waals surface area contributed by atoms with Crippen molar-refractivity contribution in [3.63, 3.8) is 0 Å². The number of nitrogens with zero attached hydrogens (tertiary/aromatic N) is 1. The number of hydrogen-bond donors (Lipinski definition) is 1. The first-order valence-corrected chi connectivity index (χ1v) is 12.5. The minimum atomic E-state index is -1.28. The largest absolute Gasteiger partial charge is 0.455 e. The van der Waals surface area contributed by atoms with Gasteiger partial charge < -0.3 is 14.6 Å². The first-order chi connectivity index (χ1) is 14.5. The molecule has 2 aromatic rings. The van der Waals surface area contributed by atoms with Gasteiger partial charge in [0.15, 0.2) is 5.76 Å². The van der Waals surface area contributed by atoms with Gasteiger partial charge >= 0.3 is 0 Å². The highest BCUT2D eigenvalue weighted by Crippen LogP contribution is 2.18. The number of unbranched alkanes of at least 4 members (excludes halogenated alkanes) is 2. The van der Waals surface area contributed by atoms with Crippen molar-refractivity contribution in [1.29, 1.82) is 0 Å². The molecular weight excluding hydrogens is 420 g/mol. The number of rotatable bonds is 14. The predicted molar refractivity (Wildman–Crippen MR) is 123 cm³/mol. The first kappa shape index (κ1) is 24.6. The molecule has 0 fully saturated rings. The van der Waals surface area contributed by atoms with E-state index in [0.29, 0.717) is 22.2 Å². The fourth-order valence-corrected chi connectivity index (χ4v) is 4.41. The van der Waals surface area contributed by atoms with Crippen molar-refractivity contribution in [2.24, 2.45) is 0 Å². The van der Waals surface area contributed by atoms with Gasteiger partial charge in [0.25, 0.3) is 5.91 Å². The van der Waals surface area contributed by atoms with E-state index in [2.05, 4.69) is 24.1 Å². The Kier molecular flexibility index (Phi) is 11.2. The third-order valence-electron chi connectivity index (χ3n) is 4.81. The molecular formula is C23H33ClN2O3S. The quantitative estimate of drug-likeness (QED) is 0.397. The highest BCUT2D eigenvalue weighted by atomic mass is 35.5. The summed E-state index contributed by atoms with van der Waals surface area (Å²) < 4.78 is 18.1. The van der Waals surface area contributed by atoms with E-state index in [0.717, 1.165) is 26.1 Å². The molecule has 166 valence electrons. The summed E-state index contributed by atoms with van der Waals surface area (Å²) in [6.07, 6.45) is 5.72. The molecule has 0 aliphatic heterocycles. The van der Waals surface area contributed by atoms with Crippen LogP contribution in [0.15, 0.2) is 45.7 Å². The topological polar surface area (TPSA) is 62.6 Å². The highest BCUT2D eigenvalue weighted by molar-refractivity contribution is 7.84. The van der Waals surface area contributed by atoms with Gasteiger partial charge in [-0.05, 0) is 69.2 Å². The first-order valence-electron chi connectivity index (χ1n) is 10.8. The maximum atomic E-state index is 12.5. The number of hydrogen-bond acceptors (Lipinski definition) is 4. The number of carbonyl (C=O) groups excluding carboxylic acids is 1. The molecule has 1 aromatic carbocycles. The lowest BCUT2D eigenvalue weighted by Gasteiger charge is -2.21. The van der Waals surface area contributed by atoms with Crippen LogP contribution in [-0.2, 0) is 16.6 Å². The molecule has 0 saturated carbocycles. The van der Waals surface area contributed by atoms with E-state index in [-0.39, 0.29) is 17.4 Å². The summed E-state index contributed by atoms with van der Waals surface area (Å²) in [7, 11) is -1.28. The Morgan fingerprint density at radius 3 is 2.43 bits per heavy atom. The predicted octanol–water partition coefficient (Wildman–Crippen LogP) is 5.26. The summed E-state index contributed by atoms with van der Waals surface area (Å²) in [5, 5.41) is 3.46. The summed E-state index contributed by atoms with van der Waals surface area (Å²) in [6, 6.07) is 10.3. The van der Waals surface area contributed by atoms with Gasteiger partial charge in [0, 0.05) is 16.5 Å². The summed E-state index contributed by atoms with van der Waals surface area (Å²) in [6.45, 7) is 8.26. The highest BCUT2D eigenvalue weighted by Gasteiger charge is 2.14. The molecule has 0 radical (unpaired) electrons. The molecule has 7 heteroatoms. The lowest BCUT2D eigenvalue weighted by Crippen LogP contribution is -2.31. The Labute approximate surface area is 187 Å². The Hall–Kier alpha value is -1.63. The van der Waals surface area contributed by atoms with Gasteiger partial charge in [-0.2, -0.15) is 0 Å². The average Bonchev–Trinajstić information content (AvgIpc) is 3.21. The zero-order chi connectivity index (χ0) is 21.8. The Morgan fingerprint density at radius 1 is 1.07 bits per heavy atom. The van der Waals surface area contributed by atoms with Crippen LogP contribution in [0.2, 0.25) is 5.02 Å². The van der Waals surface area contributed by atoms with Gasteiger partial charge in [0.2, 0.25) is 0 Å². The van der Waals surface area contributed by atoms with Crippen molar-refractivity contribution in [2.45, 2.75) is 56.6 Å². The minimum Gasteiger partial charge on any atom is -0.455 e. The lowest BCUT2D eigenvalue weighted by molar-refractivity contribution is 0.0922. The summed E-state index contributed by atoms with van der Waals surface area (Å²) in [5.74, 6) is 0.742. The summed E-state index contributed by atoms with van der Waals surface area (Å²) >= 11 is 5.95. The molecule has 0 saturated heterocycles. The van der Waals surface area contributed by atoms with Gasteiger partial charge in [0.05, 0.1) is 16.6 Å². The van der Waals surface area contributed by atoms with Gasteiger partial charge in [-0.15, -0.1) is 0 Å². The second-order valence-corrected chi connectivity index (χ2v) is 9.26. The third kappa shape index (κ3) is 8.62. The Balaban J connectivity index is 1.77. The van der Waals surface area contributed by atoms with Crippen LogP contribution in [0, 0.1) is 0 Å². The number of furan rings is 1. The van der Waals surface area contributed by atoms with Crippen LogP contribution in [-0.4, -0.2) is 41.2 Å². The zero-order valence-corrected chi connectivity index (χ0v) is 19.6. The van der Waals surface area contributed by atoms with Gasteiger partial charge in [-0.1, -0.05) is 44.4 Å². The molecule has 30 heavy (non-hydrogen) atoms. The van der Waals surface area contributed by atoms with E-state index in [1.165, 1.54) is 25.7 Å². The van der Waals surface area contributed by atoms with Crippen LogP contribution in [0.1, 0.15) is 62.3 Å². The normalized spacial score (nSPS) is 12.3. The Morgan fingerprint density at radius 2 is 1.77 bits per heavy atom. The summed E-state index contributed by atoms with van der Waals surface area (Å²) in [5.41, 5.74) is 0. The van der Waals surface area contributed by atoms with Gasteiger partial charge in [0.1, 0.15) is 5.76 Å². The van der Waals surface area contributed by atoms with Crippen molar-refractivity contribution in [3.8, 4) is 0 Å². The molecule has 0 bridgehead atoms. The van der Waals surface area contributed by atoms with E-state index in [9.17, 15) is 9.00 Å². The molecule has 1 aromatic heterocycles. The van der Waals surface area contributed by atoms with Crippen LogP contribution in [0.4, 0.5) is 0 Å². The van der Waals surface area contributed by atoms with Crippen molar-refractivity contribution < 1.29 is 13.4 Å². The van der Waals surface area contributed by atoms with Crippen molar-refractivity contribution >= 4 is 28.3 Å². The van der Waals surface area contributed by atoms with Crippen molar-refractivity contribution in [3.05, 3.63) is 52.9 Å². The molecule has 1 atom stereocenters. The molecule has 0 unspecified atom stereocenters. The molecule has 0 spiro atoms. The molecule has 2 rings (SSSR count). The van der Waals surface area contributed by atoms with Crippen LogP contribution in [0.3, 0.4) is 0 Å². The maximum Gasteiger partial charge on any atom is 0.286 e. The van der Waals surface area contributed by atoms with E-state index < -0.39 is 10.8 Å². The number of halogens is 1. The van der Waals surface area contributed by atoms with E-state index in [1.807, 2.05) is 0 Å². The smallest absolute Gasteiger partial charge is 0.286 e. The fourth-order valence-electron chi connectivity index (χ4n) is 3.09. The molecule has 1 N–H and O–H groups in total. The number of carbonyl (C=O) groups is 1. The molecule has 0 aliphatic rings. The van der Waals surface area contributed by atoms with Crippen LogP contribution in [0.5, 0.6) is 0 Å². The molecule has 5 nitrogen and oxygen atoms in total. The standard InChI is InChI=1S/C23H33ClN2O3S/c1-3-5-14-26(15-6-4-2)16-8-13-25-23(27)22-12-11-20(29-22)18-30(28)21-10-7-9-19(24)17-21/h7,9-12,17H,3-6,8,13-16,18H2,1-2H3,(H,25,27)/t30-/m0/s1. The van der Waals surface area contributed by atoms with Crippen LogP contribution < -0.4 is 5.32 Å². The van der Waals surface area contributed by atoms with E-state index in [1.54, 1.807) is 36.4 Å². The monoisotopic (exact) mass is 452 g/mol. The fraction of sp³-hybridized carbons (Fsp3) is 0.522. The molecule has 1 heterocycles.